The van der Waals surface area contributed by atoms with Crippen LogP contribution in [-0.2, 0) is 6.54 Å². The molecule has 0 radical (unpaired) electrons. The van der Waals surface area contributed by atoms with Gasteiger partial charge in [-0.1, -0.05) is 30.3 Å². The van der Waals surface area contributed by atoms with E-state index in [9.17, 15) is 4.79 Å². The molecule has 1 aromatic carbocycles. The quantitative estimate of drug-likeness (QED) is 0.575. The van der Waals surface area contributed by atoms with Crippen molar-refractivity contribution in [3.8, 4) is 0 Å². The van der Waals surface area contributed by atoms with E-state index >= 15 is 0 Å². The minimum atomic E-state index is -0.354. The molecule has 3 aromatic heterocycles. The molecule has 5 nitrogen and oxygen atoms in total. The van der Waals surface area contributed by atoms with Gasteiger partial charge < -0.3 is 5.73 Å². The maximum atomic E-state index is 12.0. The number of hydrogen-bond acceptors (Lipinski definition) is 5. The number of rotatable bonds is 4. The van der Waals surface area contributed by atoms with Crippen LogP contribution in [-0.4, -0.2) is 33.9 Å². The molecule has 0 bridgehead atoms. The number of benzene rings is 1. The Balaban J connectivity index is 1.40. The highest BCUT2D eigenvalue weighted by Crippen LogP contribution is 2.39. The summed E-state index contributed by atoms with van der Waals surface area (Å²) in [4.78, 5) is 25.2. The molecule has 1 atom stereocenters. The summed E-state index contributed by atoms with van der Waals surface area (Å²) < 4.78 is 0. The molecule has 1 fully saturated rings. The number of hydrogen-bond donors (Lipinski definition) is 1. The number of carbonyl (C=O) groups is 1. The number of aromatic nitrogens is 2. The molecule has 140 valence electrons. The summed E-state index contributed by atoms with van der Waals surface area (Å²) in [6.45, 7) is 2.69. The molecule has 1 aliphatic rings. The highest BCUT2D eigenvalue weighted by atomic mass is 32.1. The average Bonchev–Trinajstić information content (AvgIpc) is 3.32. The molecule has 4 aromatic rings. The van der Waals surface area contributed by atoms with Crippen molar-refractivity contribution in [3.63, 3.8) is 0 Å². The number of primary amides is 1. The molecular formula is C22H20N4OS. The Bertz CT molecular complexity index is 1190. The second-order valence-electron chi connectivity index (χ2n) is 7.28. The maximum absolute atomic E-state index is 12.0. The Morgan fingerprint density at radius 2 is 2.07 bits per heavy atom. The van der Waals surface area contributed by atoms with Crippen molar-refractivity contribution in [3.05, 3.63) is 70.9 Å². The molecule has 5 rings (SSSR count). The topological polar surface area (TPSA) is 72.1 Å². The van der Waals surface area contributed by atoms with E-state index in [1.54, 1.807) is 6.20 Å². The first-order valence-electron chi connectivity index (χ1n) is 9.43. The number of nitrogens with zero attached hydrogens (tertiary/aromatic N) is 3. The van der Waals surface area contributed by atoms with Crippen molar-refractivity contribution in [1.29, 1.82) is 0 Å². The van der Waals surface area contributed by atoms with E-state index in [2.05, 4.69) is 34.1 Å². The van der Waals surface area contributed by atoms with E-state index in [4.69, 9.17) is 10.7 Å². The van der Waals surface area contributed by atoms with Crippen molar-refractivity contribution in [2.24, 2.45) is 5.73 Å². The van der Waals surface area contributed by atoms with Crippen LogP contribution in [0.5, 0.6) is 0 Å². The average molecular weight is 388 g/mol. The van der Waals surface area contributed by atoms with Crippen molar-refractivity contribution >= 4 is 38.4 Å². The lowest BCUT2D eigenvalue weighted by Crippen LogP contribution is -2.21. The Hall–Kier alpha value is -2.83. The fourth-order valence-corrected chi connectivity index (χ4v) is 5.26. The molecule has 2 N–H and O–H groups in total. The molecule has 4 heterocycles. The minimum Gasteiger partial charge on any atom is -0.365 e. The number of amides is 1. The zero-order chi connectivity index (χ0) is 19.1. The first-order valence-corrected chi connectivity index (χ1v) is 10.2. The first-order chi connectivity index (χ1) is 13.7. The number of likely N-dealkylation sites (tertiary alicyclic amines) is 1. The van der Waals surface area contributed by atoms with Crippen LogP contribution in [0.15, 0.2) is 54.7 Å². The van der Waals surface area contributed by atoms with Gasteiger partial charge in [-0.15, -0.1) is 11.3 Å². The zero-order valence-corrected chi connectivity index (χ0v) is 16.2. The third-order valence-corrected chi connectivity index (χ3v) is 6.59. The lowest BCUT2D eigenvalue weighted by Gasteiger charge is -2.16. The third-order valence-electron chi connectivity index (χ3n) is 5.45. The summed E-state index contributed by atoms with van der Waals surface area (Å²) in [5, 5.41) is 2.23. The minimum absolute atomic E-state index is 0.293. The van der Waals surface area contributed by atoms with Crippen LogP contribution < -0.4 is 5.73 Å². The standard InChI is InChI=1S/C22H20N4OS/c23-21(27)20-19(17-5-3-10-24-22(17)28-20)15-9-11-26(12-15)13-16-8-7-14-4-1-2-6-18(14)25-16/h1-8,10,15H,9,11-13H2,(H2,23,27)/t15-/m1/s1. The number of pyridine rings is 2. The van der Waals surface area contributed by atoms with E-state index in [-0.39, 0.29) is 5.91 Å². The van der Waals surface area contributed by atoms with Crippen LogP contribution in [0.1, 0.15) is 33.3 Å². The van der Waals surface area contributed by atoms with Gasteiger partial charge in [0.1, 0.15) is 4.83 Å². The molecule has 1 aliphatic heterocycles. The monoisotopic (exact) mass is 388 g/mol. The summed E-state index contributed by atoms with van der Waals surface area (Å²) in [6, 6.07) is 16.4. The Morgan fingerprint density at radius 3 is 2.96 bits per heavy atom. The van der Waals surface area contributed by atoms with Crippen molar-refractivity contribution in [2.45, 2.75) is 18.9 Å². The number of carbonyl (C=O) groups excluding carboxylic acids is 1. The van der Waals surface area contributed by atoms with E-state index in [0.29, 0.717) is 10.8 Å². The van der Waals surface area contributed by atoms with Gasteiger partial charge in [0, 0.05) is 36.0 Å². The van der Waals surface area contributed by atoms with Gasteiger partial charge in [-0.3, -0.25) is 14.7 Å². The van der Waals surface area contributed by atoms with Gasteiger partial charge in [-0.05, 0) is 36.7 Å². The Morgan fingerprint density at radius 1 is 1.18 bits per heavy atom. The van der Waals surface area contributed by atoms with Gasteiger partial charge in [-0.25, -0.2) is 4.98 Å². The number of nitrogens with two attached hydrogens (primary N) is 1. The lowest BCUT2D eigenvalue weighted by molar-refractivity contribution is 0.100. The van der Waals surface area contributed by atoms with Gasteiger partial charge in [0.2, 0.25) is 0 Å². The predicted molar refractivity (Wildman–Crippen MR) is 113 cm³/mol. The highest BCUT2D eigenvalue weighted by Gasteiger charge is 2.30. The fourth-order valence-electron chi connectivity index (χ4n) is 4.18. The molecular weight excluding hydrogens is 368 g/mol. The third kappa shape index (κ3) is 3.04. The van der Waals surface area contributed by atoms with Gasteiger partial charge in [-0.2, -0.15) is 0 Å². The van der Waals surface area contributed by atoms with E-state index in [1.165, 1.54) is 11.3 Å². The van der Waals surface area contributed by atoms with Gasteiger partial charge in [0.15, 0.2) is 0 Å². The molecule has 6 heteroatoms. The molecule has 1 amide bonds. The van der Waals surface area contributed by atoms with Crippen molar-refractivity contribution < 1.29 is 4.79 Å². The maximum Gasteiger partial charge on any atom is 0.259 e. The Labute approximate surface area is 166 Å². The Kier molecular flexibility index (Phi) is 4.30. The van der Waals surface area contributed by atoms with E-state index in [1.807, 2.05) is 24.3 Å². The first kappa shape index (κ1) is 17.3. The summed E-state index contributed by atoms with van der Waals surface area (Å²) >= 11 is 1.41. The zero-order valence-electron chi connectivity index (χ0n) is 15.3. The van der Waals surface area contributed by atoms with Crippen LogP contribution in [0.3, 0.4) is 0 Å². The molecule has 0 aliphatic carbocycles. The van der Waals surface area contributed by atoms with E-state index in [0.717, 1.165) is 58.4 Å². The van der Waals surface area contributed by atoms with Crippen LogP contribution in [0, 0.1) is 0 Å². The fraction of sp³-hybridized carbons (Fsp3) is 0.227. The van der Waals surface area contributed by atoms with Gasteiger partial charge >= 0.3 is 0 Å². The predicted octanol–water partition coefficient (Wildman–Crippen LogP) is 3.93. The van der Waals surface area contributed by atoms with Crippen molar-refractivity contribution in [2.75, 3.05) is 13.1 Å². The number of fused-ring (bicyclic) bond motifs is 2. The van der Waals surface area contributed by atoms with Crippen molar-refractivity contribution in [1.82, 2.24) is 14.9 Å². The van der Waals surface area contributed by atoms with Gasteiger partial charge in [0.05, 0.1) is 16.1 Å². The second kappa shape index (κ2) is 6.96. The summed E-state index contributed by atoms with van der Waals surface area (Å²) in [6.07, 6.45) is 2.77. The highest BCUT2D eigenvalue weighted by molar-refractivity contribution is 7.20. The van der Waals surface area contributed by atoms with E-state index < -0.39 is 0 Å². The summed E-state index contributed by atoms with van der Waals surface area (Å²) in [7, 11) is 0. The summed E-state index contributed by atoms with van der Waals surface area (Å²) in [5.74, 6) is -0.0615. The lowest BCUT2D eigenvalue weighted by atomic mass is 9.95. The van der Waals surface area contributed by atoms with Crippen LogP contribution >= 0.6 is 11.3 Å². The largest absolute Gasteiger partial charge is 0.365 e. The normalized spacial score (nSPS) is 17.5. The van der Waals surface area contributed by atoms with Crippen LogP contribution in [0.4, 0.5) is 0 Å². The SMILES string of the molecule is NC(=O)c1sc2ncccc2c1[C@@H]1CCN(Cc2ccc3ccccc3n2)C1. The smallest absolute Gasteiger partial charge is 0.259 e. The van der Waals surface area contributed by atoms with Crippen LogP contribution in [0.25, 0.3) is 21.1 Å². The molecule has 0 spiro atoms. The molecule has 0 saturated carbocycles. The molecule has 0 unspecified atom stereocenters. The van der Waals surface area contributed by atoms with Crippen LogP contribution in [0.2, 0.25) is 0 Å². The molecule has 1 saturated heterocycles. The number of para-hydroxylation sites is 1. The van der Waals surface area contributed by atoms with Gasteiger partial charge in [0.25, 0.3) is 5.91 Å². The second-order valence-corrected chi connectivity index (χ2v) is 8.28. The number of thiophene rings is 1. The summed E-state index contributed by atoms with van der Waals surface area (Å²) in [5.41, 5.74) is 8.86. The molecule has 28 heavy (non-hydrogen) atoms.